The Kier molecular flexibility index (Phi) is 5.72. The van der Waals surface area contributed by atoms with Crippen molar-refractivity contribution in [3.05, 3.63) is 35.9 Å². The smallest absolute Gasteiger partial charge is 0.260 e. The van der Waals surface area contributed by atoms with E-state index < -0.39 is 0 Å². The number of benzene rings is 1. The van der Waals surface area contributed by atoms with Gasteiger partial charge in [-0.15, -0.1) is 19.5 Å². The molecule has 0 radical (unpaired) electrons. The monoisotopic (exact) mass is 447 g/mol. The Bertz CT molecular complexity index is 913. The molecule has 0 spiro atoms. The molecule has 3 unspecified atom stereocenters. The van der Waals surface area contributed by atoms with Gasteiger partial charge >= 0.3 is 0 Å². The molecule has 3 aliphatic rings. The van der Waals surface area contributed by atoms with E-state index in [0.29, 0.717) is 47.6 Å². The molecule has 10 heteroatoms. The Morgan fingerprint density at radius 3 is 2.77 bits per heavy atom. The molecule has 1 heterocycles. The lowest BCUT2D eigenvalue weighted by atomic mass is 9.55. The van der Waals surface area contributed by atoms with Crippen LogP contribution in [0.15, 0.2) is 24.8 Å². The van der Waals surface area contributed by atoms with Crippen molar-refractivity contribution in [3.8, 4) is 11.5 Å². The molecule has 1 aromatic heterocycles. The average molecular weight is 448 g/mol. The molecular formula is C21H29N5O4S. The fraction of sp³-hybridized carbons (Fsp3) is 0.619. The van der Waals surface area contributed by atoms with Crippen LogP contribution in [0, 0.1) is 17.3 Å². The Hall–Kier alpha value is -2.01. The normalized spacial score (nSPS) is 31.5. The molecule has 5 atom stereocenters. The number of aryl methyl sites for hydroxylation is 1. The van der Waals surface area contributed by atoms with Gasteiger partial charge in [-0.05, 0) is 85.0 Å². The Morgan fingerprint density at radius 2 is 2.00 bits per heavy atom. The lowest BCUT2D eigenvalue weighted by Gasteiger charge is -2.51. The van der Waals surface area contributed by atoms with E-state index in [1.165, 1.54) is 43.2 Å². The van der Waals surface area contributed by atoms with E-state index in [4.69, 9.17) is 14.8 Å². The molecule has 168 valence electrons. The molecular weight excluding hydrogens is 418 g/mol. The third-order valence-corrected chi connectivity index (χ3v) is 8.31. The maximum Gasteiger partial charge on any atom is 0.260 e. The predicted molar refractivity (Wildman–Crippen MR) is 115 cm³/mol. The summed E-state index contributed by atoms with van der Waals surface area (Å²) < 4.78 is 17.7. The van der Waals surface area contributed by atoms with Crippen LogP contribution >= 0.6 is 12.3 Å². The summed E-state index contributed by atoms with van der Waals surface area (Å²) in [6.07, 6.45) is 10.6. The Morgan fingerprint density at radius 1 is 1.16 bits per heavy atom. The molecule has 0 amide bonds. The highest BCUT2D eigenvalue weighted by molar-refractivity contribution is 7.90. The lowest BCUT2D eigenvalue weighted by Crippen LogP contribution is -2.47. The highest BCUT2D eigenvalue weighted by Gasteiger charge is 2.55. The van der Waals surface area contributed by atoms with Crippen molar-refractivity contribution >= 4 is 12.3 Å². The van der Waals surface area contributed by atoms with Crippen LogP contribution in [0.1, 0.15) is 56.1 Å². The van der Waals surface area contributed by atoms with Gasteiger partial charge in [-0.25, -0.2) is 4.68 Å². The number of hydrogen-bond donors (Lipinski definition) is 2. The van der Waals surface area contributed by atoms with E-state index in [-0.39, 0.29) is 5.41 Å². The molecule has 9 nitrogen and oxygen atoms in total. The molecule has 0 aliphatic heterocycles. The largest absolute Gasteiger partial charge is 0.493 e. The fourth-order valence-electron chi connectivity index (χ4n) is 6.53. The topological polar surface area (TPSA) is 106 Å². The molecule has 3 aliphatic carbocycles. The number of fused-ring (bicyclic) bond motifs is 5. The first-order valence-corrected chi connectivity index (χ1v) is 11.5. The van der Waals surface area contributed by atoms with Crippen LogP contribution < -0.4 is 20.2 Å². The minimum atomic E-state index is 0.284. The van der Waals surface area contributed by atoms with Gasteiger partial charge in [0.2, 0.25) is 0 Å². The second-order valence-electron chi connectivity index (χ2n) is 9.11. The first kappa shape index (κ1) is 20.9. The molecule has 2 fully saturated rings. The number of nitrogens with zero attached hydrogens (tertiary/aromatic N) is 3. The predicted octanol–water partition coefficient (Wildman–Crippen LogP) is 3.52. The maximum atomic E-state index is 5.61. The van der Waals surface area contributed by atoms with E-state index in [9.17, 15) is 0 Å². The number of aromatic nitrogens is 3. The highest BCUT2D eigenvalue weighted by atomic mass is 32.2. The standard InChI is InChI=1S/C21H29N5O4S/c1-21-8-7-14-15(17(21)5-6-20(21)25-26-11-23-24-12-26)4-3-13-9-19(28-31-30-29-22)18(27-2)10-16(13)14/h9-12,14-15,17,20,25H,3-8,22H2,1-2H3/t14?,15?,17?,20-,21-/m0/s1. The van der Waals surface area contributed by atoms with Crippen molar-refractivity contribution in [1.82, 2.24) is 14.9 Å². The zero-order valence-electron chi connectivity index (χ0n) is 17.8. The summed E-state index contributed by atoms with van der Waals surface area (Å²) in [6.45, 7) is 2.48. The first-order valence-electron chi connectivity index (χ1n) is 10.8. The van der Waals surface area contributed by atoms with E-state index in [2.05, 4.69) is 44.0 Å². The van der Waals surface area contributed by atoms with Crippen LogP contribution in [0.5, 0.6) is 11.5 Å². The second kappa shape index (κ2) is 8.50. The van der Waals surface area contributed by atoms with Gasteiger partial charge in [0.15, 0.2) is 11.5 Å². The average Bonchev–Trinajstić information content (AvgIpc) is 3.41. The molecule has 31 heavy (non-hydrogen) atoms. The van der Waals surface area contributed by atoms with Crippen LogP contribution in [0.2, 0.25) is 0 Å². The van der Waals surface area contributed by atoms with Gasteiger partial charge < -0.3 is 14.3 Å². The van der Waals surface area contributed by atoms with E-state index >= 15 is 0 Å². The highest BCUT2D eigenvalue weighted by Crippen LogP contribution is 2.61. The van der Waals surface area contributed by atoms with Gasteiger partial charge in [0.05, 0.1) is 7.11 Å². The fourth-order valence-corrected chi connectivity index (χ4v) is 6.79. The number of nitrogens with two attached hydrogens (primary N) is 1. The van der Waals surface area contributed by atoms with Crippen molar-refractivity contribution in [3.63, 3.8) is 0 Å². The number of hydrogen-bond acceptors (Lipinski definition) is 9. The van der Waals surface area contributed by atoms with Gasteiger partial charge in [-0.3, -0.25) is 0 Å². The third-order valence-electron chi connectivity index (χ3n) is 7.92. The van der Waals surface area contributed by atoms with Gasteiger partial charge in [-0.2, -0.15) is 5.90 Å². The maximum absolute atomic E-state index is 5.61. The molecule has 0 bridgehead atoms. The van der Waals surface area contributed by atoms with Crippen LogP contribution in [-0.4, -0.2) is 28.0 Å². The van der Waals surface area contributed by atoms with Crippen LogP contribution in [0.3, 0.4) is 0 Å². The summed E-state index contributed by atoms with van der Waals surface area (Å²) in [5, 5.41) is 7.87. The van der Waals surface area contributed by atoms with E-state index in [0.717, 1.165) is 6.42 Å². The summed E-state index contributed by atoms with van der Waals surface area (Å²) in [7, 11) is 1.66. The van der Waals surface area contributed by atoms with Crippen molar-refractivity contribution in [2.75, 3.05) is 12.5 Å². The van der Waals surface area contributed by atoms with Crippen molar-refractivity contribution in [2.45, 2.75) is 57.4 Å². The SMILES string of the molecule is COc1cc2c(cc1OSOON)CCC1C2CC[C@@]2(C)C1CC[C@@H]2Nn1cnnc1. The zero-order valence-corrected chi connectivity index (χ0v) is 18.6. The van der Waals surface area contributed by atoms with Gasteiger partial charge in [0.25, 0.3) is 12.3 Å². The lowest BCUT2D eigenvalue weighted by molar-refractivity contribution is -0.199. The summed E-state index contributed by atoms with van der Waals surface area (Å²) in [5.41, 5.74) is 6.69. The van der Waals surface area contributed by atoms with Gasteiger partial charge in [0, 0.05) is 6.04 Å². The summed E-state index contributed by atoms with van der Waals surface area (Å²) in [4.78, 5) is 4.10. The number of nitrogens with one attached hydrogen (secondary N) is 1. The van der Waals surface area contributed by atoms with E-state index in [1.54, 1.807) is 19.8 Å². The van der Waals surface area contributed by atoms with Crippen molar-refractivity contribution in [1.29, 1.82) is 0 Å². The Balaban J connectivity index is 1.37. The quantitative estimate of drug-likeness (QED) is 0.285. The third kappa shape index (κ3) is 3.65. The van der Waals surface area contributed by atoms with E-state index in [1.807, 2.05) is 4.68 Å². The molecule has 3 N–H and O–H groups in total. The Labute approximate surface area is 186 Å². The molecule has 0 saturated heterocycles. The summed E-state index contributed by atoms with van der Waals surface area (Å²) >= 11 is 0.678. The minimum absolute atomic E-state index is 0.284. The second-order valence-corrected chi connectivity index (χ2v) is 9.54. The summed E-state index contributed by atoms with van der Waals surface area (Å²) in [6, 6.07) is 4.69. The number of ether oxygens (including phenoxy) is 1. The number of rotatable bonds is 7. The summed E-state index contributed by atoms with van der Waals surface area (Å²) in [5.74, 6) is 8.18. The van der Waals surface area contributed by atoms with Crippen molar-refractivity contribution in [2.24, 2.45) is 23.1 Å². The molecule has 5 rings (SSSR count). The van der Waals surface area contributed by atoms with Crippen LogP contribution in [0.4, 0.5) is 0 Å². The van der Waals surface area contributed by atoms with Gasteiger partial charge in [-0.1, -0.05) is 6.92 Å². The van der Waals surface area contributed by atoms with Gasteiger partial charge in [0.1, 0.15) is 12.7 Å². The van der Waals surface area contributed by atoms with Crippen molar-refractivity contribution < 1.29 is 18.2 Å². The van der Waals surface area contributed by atoms with Crippen LogP contribution in [0.25, 0.3) is 0 Å². The molecule has 2 aromatic rings. The molecule has 1 aromatic carbocycles. The first-order chi connectivity index (χ1) is 15.1. The zero-order chi connectivity index (χ0) is 21.4. The molecule has 2 saturated carbocycles. The number of methoxy groups -OCH3 is 1. The van der Waals surface area contributed by atoms with Crippen LogP contribution in [-0.2, 0) is 15.7 Å². The minimum Gasteiger partial charge on any atom is -0.493 e.